The quantitative estimate of drug-likeness (QED) is 0.616. The minimum absolute atomic E-state index is 0.0256. The minimum atomic E-state index is -0.414. The molecule has 1 aromatic heterocycles. The highest BCUT2D eigenvalue weighted by molar-refractivity contribution is 6.33. The number of non-ortho nitro benzene ring substituents is 1. The Morgan fingerprint density at radius 1 is 1.08 bits per heavy atom. The van der Waals surface area contributed by atoms with Crippen LogP contribution < -0.4 is 9.80 Å². The molecule has 7 nitrogen and oxygen atoms in total. The number of nitro groups is 1. The lowest BCUT2D eigenvalue weighted by Gasteiger charge is -2.26. The van der Waals surface area contributed by atoms with Crippen LogP contribution in [0.2, 0.25) is 5.02 Å². The summed E-state index contributed by atoms with van der Waals surface area (Å²) in [7, 11) is 0. The third-order valence-electron chi connectivity index (χ3n) is 4.37. The van der Waals surface area contributed by atoms with E-state index < -0.39 is 4.92 Å². The van der Waals surface area contributed by atoms with E-state index in [0.29, 0.717) is 5.02 Å². The molecule has 1 aromatic carbocycles. The predicted molar refractivity (Wildman–Crippen MR) is 98.7 cm³/mol. The van der Waals surface area contributed by atoms with Crippen molar-refractivity contribution in [2.45, 2.75) is 20.3 Å². The molecule has 2 aromatic rings. The zero-order valence-electron chi connectivity index (χ0n) is 14.3. The van der Waals surface area contributed by atoms with Crippen LogP contribution in [0.3, 0.4) is 0 Å². The molecule has 1 aliphatic heterocycles. The zero-order valence-corrected chi connectivity index (χ0v) is 15.0. The lowest BCUT2D eigenvalue weighted by molar-refractivity contribution is -0.384. The molecule has 0 unspecified atom stereocenters. The SMILES string of the molecule is Cc1ccc(N2CCCN(c3c(C)cc([N+](=O)[O-])cc3Cl)CC2)nn1. The molecule has 25 heavy (non-hydrogen) atoms. The van der Waals surface area contributed by atoms with Gasteiger partial charge in [0.25, 0.3) is 5.69 Å². The number of aryl methyl sites for hydroxylation is 2. The van der Waals surface area contributed by atoms with Crippen LogP contribution in [-0.4, -0.2) is 41.3 Å². The third kappa shape index (κ3) is 3.82. The van der Waals surface area contributed by atoms with Crippen molar-refractivity contribution in [2.75, 3.05) is 36.0 Å². The van der Waals surface area contributed by atoms with Crippen LogP contribution in [0.4, 0.5) is 17.2 Å². The number of nitro benzene ring substituents is 1. The van der Waals surface area contributed by atoms with Crippen molar-refractivity contribution in [3.05, 3.63) is 50.7 Å². The first-order chi connectivity index (χ1) is 12.0. The average molecular weight is 362 g/mol. The molecule has 1 aliphatic rings. The maximum atomic E-state index is 11.0. The van der Waals surface area contributed by atoms with E-state index in [0.717, 1.165) is 55.4 Å². The molecule has 8 heteroatoms. The summed E-state index contributed by atoms with van der Waals surface area (Å²) in [6.45, 7) is 7.08. The van der Waals surface area contributed by atoms with E-state index >= 15 is 0 Å². The summed E-state index contributed by atoms with van der Waals surface area (Å²) < 4.78 is 0. The van der Waals surface area contributed by atoms with Gasteiger partial charge in [0.1, 0.15) is 0 Å². The van der Waals surface area contributed by atoms with Crippen LogP contribution in [0.15, 0.2) is 24.3 Å². The van der Waals surface area contributed by atoms with Crippen molar-refractivity contribution < 1.29 is 4.92 Å². The van der Waals surface area contributed by atoms with Gasteiger partial charge in [-0.3, -0.25) is 10.1 Å². The predicted octanol–water partition coefficient (Wildman–Crippen LogP) is 3.37. The number of benzene rings is 1. The van der Waals surface area contributed by atoms with Crippen molar-refractivity contribution in [1.29, 1.82) is 0 Å². The monoisotopic (exact) mass is 361 g/mol. The van der Waals surface area contributed by atoms with Gasteiger partial charge in [-0.05, 0) is 38.0 Å². The third-order valence-corrected chi connectivity index (χ3v) is 4.66. The molecule has 0 radical (unpaired) electrons. The van der Waals surface area contributed by atoms with E-state index in [4.69, 9.17) is 11.6 Å². The number of halogens is 1. The maximum Gasteiger partial charge on any atom is 0.271 e. The molecule has 0 amide bonds. The number of hydrogen-bond donors (Lipinski definition) is 0. The van der Waals surface area contributed by atoms with E-state index in [9.17, 15) is 10.1 Å². The maximum absolute atomic E-state index is 11.0. The largest absolute Gasteiger partial charge is 0.368 e. The highest BCUT2D eigenvalue weighted by Gasteiger charge is 2.21. The summed E-state index contributed by atoms with van der Waals surface area (Å²) in [4.78, 5) is 15.0. The Bertz CT molecular complexity index is 758. The fourth-order valence-corrected chi connectivity index (χ4v) is 3.54. The molecule has 0 saturated carbocycles. The van der Waals surface area contributed by atoms with Crippen molar-refractivity contribution >= 4 is 28.8 Å². The molecule has 0 aliphatic carbocycles. The molecule has 2 heterocycles. The van der Waals surface area contributed by atoms with Crippen LogP contribution in [0.5, 0.6) is 0 Å². The van der Waals surface area contributed by atoms with E-state index in [2.05, 4.69) is 20.0 Å². The van der Waals surface area contributed by atoms with Gasteiger partial charge >= 0.3 is 0 Å². The molecule has 0 bridgehead atoms. The van der Waals surface area contributed by atoms with E-state index in [1.54, 1.807) is 6.07 Å². The Hall–Kier alpha value is -2.41. The van der Waals surface area contributed by atoms with Crippen LogP contribution >= 0.6 is 11.6 Å². The zero-order chi connectivity index (χ0) is 18.0. The molecule has 132 valence electrons. The van der Waals surface area contributed by atoms with Crippen LogP contribution in [0.25, 0.3) is 0 Å². The van der Waals surface area contributed by atoms with E-state index in [1.165, 1.54) is 6.07 Å². The second kappa shape index (κ2) is 7.23. The van der Waals surface area contributed by atoms with Crippen LogP contribution in [-0.2, 0) is 0 Å². The smallest absolute Gasteiger partial charge is 0.271 e. The molecule has 1 saturated heterocycles. The topological polar surface area (TPSA) is 75.4 Å². The molecule has 1 fully saturated rings. The first-order valence-corrected chi connectivity index (χ1v) is 8.58. The Morgan fingerprint density at radius 2 is 1.80 bits per heavy atom. The summed E-state index contributed by atoms with van der Waals surface area (Å²) in [5, 5.41) is 19.8. The second-order valence-electron chi connectivity index (χ2n) is 6.21. The second-order valence-corrected chi connectivity index (χ2v) is 6.62. The van der Waals surface area contributed by atoms with Crippen LogP contribution in [0, 0.1) is 24.0 Å². The van der Waals surface area contributed by atoms with Gasteiger partial charge < -0.3 is 9.80 Å². The number of hydrogen-bond acceptors (Lipinski definition) is 6. The fourth-order valence-electron chi connectivity index (χ4n) is 3.15. The summed E-state index contributed by atoms with van der Waals surface area (Å²) in [6, 6.07) is 6.96. The van der Waals surface area contributed by atoms with Gasteiger partial charge in [0.2, 0.25) is 0 Å². The van der Waals surface area contributed by atoms with Crippen molar-refractivity contribution in [1.82, 2.24) is 10.2 Å². The number of nitrogens with zero attached hydrogens (tertiary/aromatic N) is 5. The molecular formula is C17H20ClN5O2. The van der Waals surface area contributed by atoms with Crippen molar-refractivity contribution in [2.24, 2.45) is 0 Å². The standard InChI is InChI=1S/C17H20ClN5O2/c1-12-10-14(23(24)25)11-15(18)17(12)22-7-3-6-21(8-9-22)16-5-4-13(2)19-20-16/h4-5,10-11H,3,6-9H2,1-2H3. The van der Waals surface area contributed by atoms with Gasteiger partial charge in [-0.15, -0.1) is 5.10 Å². The Morgan fingerprint density at radius 3 is 2.44 bits per heavy atom. The first-order valence-electron chi connectivity index (χ1n) is 8.20. The minimum Gasteiger partial charge on any atom is -0.368 e. The highest BCUT2D eigenvalue weighted by Crippen LogP contribution is 2.34. The van der Waals surface area contributed by atoms with Crippen LogP contribution in [0.1, 0.15) is 17.7 Å². The Balaban J connectivity index is 1.79. The van der Waals surface area contributed by atoms with E-state index in [-0.39, 0.29) is 5.69 Å². The van der Waals surface area contributed by atoms with Gasteiger partial charge in [0, 0.05) is 38.3 Å². The summed E-state index contributed by atoms with van der Waals surface area (Å²) in [6.07, 6.45) is 0.947. The number of anilines is 2. The van der Waals surface area contributed by atoms with Gasteiger partial charge in [-0.25, -0.2) is 0 Å². The van der Waals surface area contributed by atoms with Crippen molar-refractivity contribution in [3.63, 3.8) is 0 Å². The average Bonchev–Trinajstić information content (AvgIpc) is 2.81. The van der Waals surface area contributed by atoms with E-state index in [1.807, 2.05) is 26.0 Å². The highest BCUT2D eigenvalue weighted by atomic mass is 35.5. The Kier molecular flexibility index (Phi) is 5.03. The first kappa shape index (κ1) is 17.4. The van der Waals surface area contributed by atoms with Gasteiger partial charge in [0.15, 0.2) is 5.82 Å². The molecule has 3 rings (SSSR count). The summed E-state index contributed by atoms with van der Waals surface area (Å²) >= 11 is 6.35. The molecular weight excluding hydrogens is 342 g/mol. The Labute approximate surface area is 151 Å². The number of rotatable bonds is 3. The fraction of sp³-hybridized carbons (Fsp3) is 0.412. The summed E-state index contributed by atoms with van der Waals surface area (Å²) in [5.41, 5.74) is 2.62. The molecule has 0 atom stereocenters. The lowest BCUT2D eigenvalue weighted by Crippen LogP contribution is -2.31. The van der Waals surface area contributed by atoms with Gasteiger partial charge in [-0.1, -0.05) is 11.6 Å². The van der Waals surface area contributed by atoms with Gasteiger partial charge in [0.05, 0.1) is 21.3 Å². The normalized spacial score (nSPS) is 15.2. The van der Waals surface area contributed by atoms with Crippen molar-refractivity contribution in [3.8, 4) is 0 Å². The lowest BCUT2D eigenvalue weighted by atomic mass is 10.1. The molecule has 0 N–H and O–H groups in total. The molecule has 0 spiro atoms. The van der Waals surface area contributed by atoms with Gasteiger partial charge in [-0.2, -0.15) is 5.10 Å². The summed E-state index contributed by atoms with van der Waals surface area (Å²) in [5.74, 6) is 0.874. The number of aromatic nitrogens is 2.